The number of phenols is 1. The molecule has 5 heteroatoms. The van der Waals surface area contributed by atoms with Crippen molar-refractivity contribution >= 4 is 5.91 Å². The van der Waals surface area contributed by atoms with Gasteiger partial charge in [-0.1, -0.05) is 18.2 Å². The molecule has 2 aromatic carbocycles. The number of aromatic hydroxyl groups is 1. The van der Waals surface area contributed by atoms with E-state index in [4.69, 9.17) is 4.74 Å². The molecule has 0 atom stereocenters. The Morgan fingerprint density at radius 3 is 2.41 bits per heavy atom. The highest BCUT2D eigenvalue weighted by Gasteiger charge is 2.33. The van der Waals surface area contributed by atoms with Crippen molar-refractivity contribution in [3.05, 3.63) is 60.2 Å². The molecule has 0 radical (unpaired) electrons. The van der Waals surface area contributed by atoms with Gasteiger partial charge in [-0.15, -0.1) is 0 Å². The molecule has 144 valence electrons. The molecule has 3 rings (SSSR count). The standard InChI is InChI=1S/C22H27NO4/c24-19-8-6-18(7-9-19)21(25)23-16-22(26)13-10-17(11-14-22)12-15-27-20-4-2-1-3-5-20/h1-9,17,24,26H,10-16H2,(H,23,25). The summed E-state index contributed by atoms with van der Waals surface area (Å²) in [6.07, 6.45) is 4.20. The average molecular weight is 369 g/mol. The summed E-state index contributed by atoms with van der Waals surface area (Å²) >= 11 is 0. The topological polar surface area (TPSA) is 78.8 Å². The number of para-hydroxylation sites is 1. The van der Waals surface area contributed by atoms with Crippen LogP contribution in [0.3, 0.4) is 0 Å². The molecule has 1 amide bonds. The lowest BCUT2D eigenvalue weighted by Crippen LogP contribution is -2.45. The van der Waals surface area contributed by atoms with Crippen LogP contribution in [0.1, 0.15) is 42.5 Å². The number of carbonyl (C=O) groups excluding carboxylic acids is 1. The summed E-state index contributed by atoms with van der Waals surface area (Å²) in [5, 5.41) is 22.8. The number of hydrogen-bond acceptors (Lipinski definition) is 4. The summed E-state index contributed by atoms with van der Waals surface area (Å²) < 4.78 is 5.76. The highest BCUT2D eigenvalue weighted by Crippen LogP contribution is 2.33. The quantitative estimate of drug-likeness (QED) is 0.698. The van der Waals surface area contributed by atoms with Gasteiger partial charge in [-0.25, -0.2) is 0 Å². The molecule has 0 saturated heterocycles. The molecule has 0 bridgehead atoms. The number of rotatable bonds is 7. The number of nitrogens with one attached hydrogen (secondary N) is 1. The molecular weight excluding hydrogens is 342 g/mol. The van der Waals surface area contributed by atoms with Crippen LogP contribution in [0.4, 0.5) is 0 Å². The van der Waals surface area contributed by atoms with Crippen molar-refractivity contribution in [3.63, 3.8) is 0 Å². The highest BCUT2D eigenvalue weighted by atomic mass is 16.5. The molecule has 1 saturated carbocycles. The van der Waals surface area contributed by atoms with E-state index in [0.717, 1.165) is 25.0 Å². The maximum absolute atomic E-state index is 12.2. The number of amides is 1. The van der Waals surface area contributed by atoms with Crippen LogP contribution in [0.15, 0.2) is 54.6 Å². The SMILES string of the molecule is O=C(NCC1(O)CCC(CCOc2ccccc2)CC1)c1ccc(O)cc1. The van der Waals surface area contributed by atoms with E-state index in [1.54, 1.807) is 12.1 Å². The predicted molar refractivity (Wildman–Crippen MR) is 104 cm³/mol. The molecule has 0 unspecified atom stereocenters. The zero-order valence-electron chi connectivity index (χ0n) is 15.4. The Kier molecular flexibility index (Phi) is 6.35. The molecule has 0 heterocycles. The highest BCUT2D eigenvalue weighted by molar-refractivity contribution is 5.94. The summed E-state index contributed by atoms with van der Waals surface area (Å²) in [5.74, 6) is 1.32. The van der Waals surface area contributed by atoms with Crippen molar-refractivity contribution < 1.29 is 19.7 Å². The summed E-state index contributed by atoms with van der Waals surface area (Å²) in [5.41, 5.74) is -0.369. The van der Waals surface area contributed by atoms with Gasteiger partial charge in [-0.2, -0.15) is 0 Å². The van der Waals surface area contributed by atoms with Gasteiger partial charge in [0, 0.05) is 12.1 Å². The molecule has 2 aromatic rings. The van der Waals surface area contributed by atoms with Gasteiger partial charge in [0.05, 0.1) is 12.2 Å². The second-order valence-electron chi connectivity index (χ2n) is 7.35. The summed E-state index contributed by atoms with van der Waals surface area (Å²) in [7, 11) is 0. The van der Waals surface area contributed by atoms with E-state index in [9.17, 15) is 15.0 Å². The van der Waals surface area contributed by atoms with Crippen molar-refractivity contribution in [3.8, 4) is 11.5 Å². The van der Waals surface area contributed by atoms with Crippen LogP contribution < -0.4 is 10.1 Å². The maximum Gasteiger partial charge on any atom is 0.251 e. The van der Waals surface area contributed by atoms with Crippen molar-refractivity contribution in [2.75, 3.05) is 13.2 Å². The van der Waals surface area contributed by atoms with Crippen molar-refractivity contribution in [2.24, 2.45) is 5.92 Å². The smallest absolute Gasteiger partial charge is 0.251 e. The van der Waals surface area contributed by atoms with Crippen LogP contribution in [0.5, 0.6) is 11.5 Å². The van der Waals surface area contributed by atoms with Gasteiger partial charge < -0.3 is 20.3 Å². The number of benzene rings is 2. The van der Waals surface area contributed by atoms with Crippen LogP contribution in [-0.4, -0.2) is 34.9 Å². The Morgan fingerprint density at radius 2 is 1.74 bits per heavy atom. The Hall–Kier alpha value is -2.53. The molecule has 0 aliphatic heterocycles. The van der Waals surface area contributed by atoms with E-state index in [2.05, 4.69) is 5.32 Å². The Balaban J connectivity index is 1.38. The first-order chi connectivity index (χ1) is 13.0. The number of ether oxygens (including phenoxy) is 1. The van der Waals surface area contributed by atoms with Crippen LogP contribution in [-0.2, 0) is 0 Å². The molecule has 1 aliphatic carbocycles. The first-order valence-electron chi connectivity index (χ1n) is 9.52. The molecule has 27 heavy (non-hydrogen) atoms. The van der Waals surface area contributed by atoms with Crippen LogP contribution in [0.2, 0.25) is 0 Å². The molecule has 0 spiro atoms. The summed E-state index contributed by atoms with van der Waals surface area (Å²) in [4.78, 5) is 12.2. The monoisotopic (exact) mass is 369 g/mol. The third-order valence-corrected chi connectivity index (χ3v) is 5.28. The van der Waals surface area contributed by atoms with Gasteiger partial charge in [0.15, 0.2) is 0 Å². The van der Waals surface area contributed by atoms with Gasteiger partial charge in [0.25, 0.3) is 5.91 Å². The normalized spacial score (nSPS) is 22.2. The largest absolute Gasteiger partial charge is 0.508 e. The fraction of sp³-hybridized carbons (Fsp3) is 0.409. The minimum atomic E-state index is -0.844. The minimum absolute atomic E-state index is 0.125. The van der Waals surface area contributed by atoms with E-state index >= 15 is 0 Å². The summed E-state index contributed by atoms with van der Waals surface area (Å²) in [6.45, 7) is 0.935. The van der Waals surface area contributed by atoms with Gasteiger partial charge in [-0.05, 0) is 74.4 Å². The molecular formula is C22H27NO4. The first kappa shape index (κ1) is 19.2. The van der Waals surface area contributed by atoms with E-state index < -0.39 is 5.60 Å². The van der Waals surface area contributed by atoms with Crippen LogP contribution >= 0.6 is 0 Å². The number of hydrogen-bond donors (Lipinski definition) is 3. The van der Waals surface area contributed by atoms with Crippen molar-refractivity contribution in [2.45, 2.75) is 37.7 Å². The fourth-order valence-electron chi connectivity index (χ4n) is 3.50. The number of phenolic OH excluding ortho intramolecular Hbond substituents is 1. The third-order valence-electron chi connectivity index (χ3n) is 5.28. The Labute approximate surface area is 160 Å². The zero-order valence-corrected chi connectivity index (χ0v) is 15.4. The molecule has 1 aliphatic rings. The molecule has 3 N–H and O–H groups in total. The summed E-state index contributed by atoms with van der Waals surface area (Å²) in [6, 6.07) is 15.9. The Morgan fingerprint density at radius 1 is 1.07 bits per heavy atom. The molecule has 0 aromatic heterocycles. The molecule has 5 nitrogen and oxygen atoms in total. The van der Waals surface area contributed by atoms with E-state index in [1.165, 1.54) is 12.1 Å². The lowest BCUT2D eigenvalue weighted by atomic mass is 9.77. The second-order valence-corrected chi connectivity index (χ2v) is 7.35. The van der Waals surface area contributed by atoms with Gasteiger partial charge in [-0.3, -0.25) is 4.79 Å². The average Bonchev–Trinajstić information content (AvgIpc) is 2.69. The number of carbonyl (C=O) groups is 1. The van der Waals surface area contributed by atoms with E-state index in [0.29, 0.717) is 30.9 Å². The fourth-order valence-corrected chi connectivity index (χ4v) is 3.50. The Bertz CT molecular complexity index is 722. The second kappa shape index (κ2) is 8.91. The zero-order chi connectivity index (χ0) is 19.1. The molecule has 1 fully saturated rings. The van der Waals surface area contributed by atoms with E-state index in [1.807, 2.05) is 30.3 Å². The van der Waals surface area contributed by atoms with E-state index in [-0.39, 0.29) is 18.2 Å². The minimum Gasteiger partial charge on any atom is -0.508 e. The maximum atomic E-state index is 12.2. The lowest BCUT2D eigenvalue weighted by Gasteiger charge is -2.36. The lowest BCUT2D eigenvalue weighted by molar-refractivity contribution is -0.00977. The van der Waals surface area contributed by atoms with Crippen molar-refractivity contribution in [1.29, 1.82) is 0 Å². The van der Waals surface area contributed by atoms with Gasteiger partial charge in [0.2, 0.25) is 0 Å². The van der Waals surface area contributed by atoms with Crippen molar-refractivity contribution in [1.82, 2.24) is 5.32 Å². The van der Waals surface area contributed by atoms with Crippen LogP contribution in [0, 0.1) is 5.92 Å². The van der Waals surface area contributed by atoms with Gasteiger partial charge in [0.1, 0.15) is 11.5 Å². The number of aliphatic hydroxyl groups is 1. The first-order valence-corrected chi connectivity index (χ1v) is 9.52. The van der Waals surface area contributed by atoms with Gasteiger partial charge >= 0.3 is 0 Å². The predicted octanol–water partition coefficient (Wildman–Crippen LogP) is 3.51. The third kappa shape index (κ3) is 5.73. The van der Waals surface area contributed by atoms with Crippen LogP contribution in [0.25, 0.3) is 0 Å².